The fourth-order valence-corrected chi connectivity index (χ4v) is 14.4. The predicted molar refractivity (Wildman–Crippen MR) is 386 cm³/mol. The van der Waals surface area contributed by atoms with Crippen LogP contribution in [0.5, 0.6) is 0 Å². The lowest BCUT2D eigenvalue weighted by Crippen LogP contribution is -2.31. The first-order valence-electron chi connectivity index (χ1n) is 30.9. The lowest BCUT2D eigenvalue weighted by atomic mass is 9.73. The summed E-state index contributed by atoms with van der Waals surface area (Å²) in [6, 6.07) is 91.4. The van der Waals surface area contributed by atoms with Crippen LogP contribution in [0.4, 0.5) is 68.2 Å². The Morgan fingerprint density at radius 1 is 0.289 bits per heavy atom. The van der Waals surface area contributed by atoms with Crippen LogP contribution in [0.2, 0.25) is 0 Å². The number of aromatic nitrogens is 2. The van der Waals surface area contributed by atoms with Gasteiger partial charge in [-0.15, -0.1) is 0 Å². The van der Waals surface area contributed by atoms with Crippen LogP contribution in [-0.4, -0.2) is 9.97 Å². The van der Waals surface area contributed by atoms with Gasteiger partial charge in [-0.2, -0.15) is 0 Å². The van der Waals surface area contributed by atoms with Crippen molar-refractivity contribution < 1.29 is 0 Å². The Bertz CT molecular complexity index is 4350. The van der Waals surface area contributed by atoms with E-state index in [2.05, 4.69) is 375 Å². The molecule has 0 radical (unpaired) electrons. The van der Waals surface area contributed by atoms with Crippen molar-refractivity contribution in [3.05, 3.63) is 320 Å². The number of hydrogen-bond donors (Lipinski definition) is 0. The van der Waals surface area contributed by atoms with Gasteiger partial charge < -0.3 is 19.6 Å². The monoisotopic (exact) mass is 1300 g/mol. The van der Waals surface area contributed by atoms with E-state index >= 15 is 0 Å². The molecule has 2 aromatic heterocycles. The average Bonchev–Trinajstić information content (AvgIpc) is 0.730. The lowest BCUT2D eigenvalue weighted by molar-refractivity contribution is 0.630. The molecule has 12 aromatic rings. The van der Waals surface area contributed by atoms with E-state index in [1.54, 1.807) is 0 Å². The van der Waals surface area contributed by atoms with Crippen molar-refractivity contribution in [2.75, 3.05) is 19.6 Å². The highest BCUT2D eigenvalue weighted by Crippen LogP contribution is 2.57. The van der Waals surface area contributed by atoms with E-state index in [4.69, 9.17) is 9.97 Å². The first-order chi connectivity index (χ1) is 43.5. The number of rotatable bonds is 10. The Morgan fingerprint density at radius 2 is 0.567 bits per heavy atom. The third-order valence-corrected chi connectivity index (χ3v) is 19.2. The largest absolute Gasteiger partial charge is 0.310 e. The van der Waals surface area contributed by atoms with Crippen LogP contribution in [0, 0.1) is 41.5 Å². The summed E-state index contributed by atoms with van der Waals surface area (Å²) < 4.78 is 2.18. The molecule has 0 amide bonds. The fourth-order valence-electron chi connectivity index (χ4n) is 13.7. The van der Waals surface area contributed by atoms with Crippen LogP contribution in [0.15, 0.2) is 264 Å². The van der Waals surface area contributed by atoms with Crippen LogP contribution >= 0.6 is 31.9 Å². The number of anilines is 12. The van der Waals surface area contributed by atoms with E-state index in [0.29, 0.717) is 0 Å². The Morgan fingerprint density at radius 3 is 0.867 bits per heavy atom. The highest BCUT2D eigenvalue weighted by atomic mass is 79.9. The predicted octanol–water partition coefficient (Wildman–Crippen LogP) is 24.0. The summed E-state index contributed by atoms with van der Waals surface area (Å²) in [5.41, 5.74) is 29.5. The molecule has 10 aromatic carbocycles. The zero-order chi connectivity index (χ0) is 62.6. The molecule has 0 saturated heterocycles. The third kappa shape index (κ3) is 10.9. The molecule has 14 rings (SSSR count). The van der Waals surface area contributed by atoms with Crippen molar-refractivity contribution >= 4 is 100 Å². The van der Waals surface area contributed by atoms with Gasteiger partial charge in [-0.1, -0.05) is 169 Å². The summed E-state index contributed by atoms with van der Waals surface area (Å²) in [4.78, 5) is 19.9. The van der Waals surface area contributed by atoms with Gasteiger partial charge in [0.2, 0.25) is 0 Å². The van der Waals surface area contributed by atoms with Crippen LogP contribution in [-0.2, 0) is 10.8 Å². The van der Waals surface area contributed by atoms with Crippen LogP contribution in [0.25, 0.3) is 22.5 Å². The van der Waals surface area contributed by atoms with Gasteiger partial charge in [0.15, 0.2) is 0 Å². The molecule has 0 saturated carbocycles. The number of hydrogen-bond acceptors (Lipinski definition) is 6. The molecular formula is C82H72Br2N6. The van der Waals surface area contributed by atoms with E-state index in [-0.39, 0.29) is 10.8 Å². The molecule has 4 heterocycles. The summed E-state index contributed by atoms with van der Waals surface area (Å²) in [7, 11) is 0. The Hall–Kier alpha value is -9.34. The van der Waals surface area contributed by atoms with E-state index in [0.717, 1.165) is 88.6 Å². The summed E-state index contributed by atoms with van der Waals surface area (Å²) in [6.07, 6.45) is 0. The van der Waals surface area contributed by atoms with E-state index < -0.39 is 0 Å². The lowest BCUT2D eigenvalue weighted by Gasteiger charge is -2.43. The number of aryl methyl sites for hydroxylation is 6. The molecule has 0 N–H and O–H groups in total. The van der Waals surface area contributed by atoms with Crippen molar-refractivity contribution in [3.8, 4) is 22.5 Å². The summed E-state index contributed by atoms with van der Waals surface area (Å²) in [5, 5.41) is 0. The molecule has 444 valence electrons. The number of pyridine rings is 2. The minimum absolute atomic E-state index is 0.131. The fraction of sp³-hybridized carbons (Fsp3) is 0.146. The SMILES string of the molecule is Cc1cccc(C)c1-c1ccc(N2c3ccc(Br)cc3C(C)(C)c3cc(Br)ccc32)c(C)n1.Cc1cccc(C)c1-c1ccc(N2c3ccc(N(c4ccccc4)c4ccccc4)cc3C(C)(C)c3cc(N(c4ccccc4)c4ccccc4)ccc32)c(C)n1. The molecule has 0 fully saturated rings. The molecule has 0 spiro atoms. The molecule has 2 aliphatic heterocycles. The van der Waals surface area contributed by atoms with Gasteiger partial charge in [0.1, 0.15) is 0 Å². The second-order valence-electron chi connectivity index (χ2n) is 24.8. The van der Waals surface area contributed by atoms with Crippen LogP contribution in [0.1, 0.15) is 83.6 Å². The third-order valence-electron chi connectivity index (χ3n) is 18.2. The standard InChI is InChI=1S/C53H46N4.C29H26Br2N2/c1-37-19-18-20-38(2)52(37)48-31-34-49(39(3)54-48)57-50-32-29-44(55(40-21-10-6-11-22-40)41-23-12-7-13-24-41)35-46(50)53(4,5)47-36-45(30-33-51(47)57)56(42-25-14-8-15-26-42)43-27-16-9-17-28-43;1-17-7-6-8-18(2)28(17)24-11-14-25(19(3)32-24)33-26-12-9-20(30)15-22(26)29(4,5)23-16-21(31)10-13-27(23)33/h6-36H,1-5H3;6-16H,1-5H3. The number of para-hydroxylation sites is 4. The van der Waals surface area contributed by atoms with Crippen molar-refractivity contribution in [1.29, 1.82) is 0 Å². The van der Waals surface area contributed by atoms with Gasteiger partial charge >= 0.3 is 0 Å². The molecular weight excluding hydrogens is 1230 g/mol. The normalized spacial score (nSPS) is 13.2. The number of fused-ring (bicyclic) bond motifs is 4. The maximum Gasteiger partial charge on any atom is 0.0712 e. The van der Waals surface area contributed by atoms with E-state index in [1.165, 1.54) is 67.0 Å². The van der Waals surface area contributed by atoms with Crippen molar-refractivity contribution in [3.63, 3.8) is 0 Å². The van der Waals surface area contributed by atoms with Gasteiger partial charge in [0.05, 0.1) is 56.9 Å². The second kappa shape index (κ2) is 24.2. The maximum atomic E-state index is 5.31. The Labute approximate surface area is 548 Å². The molecule has 0 aliphatic carbocycles. The van der Waals surface area contributed by atoms with Gasteiger partial charge in [-0.25, -0.2) is 0 Å². The smallest absolute Gasteiger partial charge is 0.0712 e. The van der Waals surface area contributed by atoms with Crippen molar-refractivity contribution in [2.24, 2.45) is 0 Å². The van der Waals surface area contributed by atoms with Gasteiger partial charge in [-0.05, 0) is 232 Å². The van der Waals surface area contributed by atoms with Gasteiger partial charge in [-0.3, -0.25) is 9.97 Å². The minimum Gasteiger partial charge on any atom is -0.310 e. The van der Waals surface area contributed by atoms with Crippen LogP contribution < -0.4 is 19.6 Å². The van der Waals surface area contributed by atoms with Crippen LogP contribution in [0.3, 0.4) is 0 Å². The van der Waals surface area contributed by atoms with Gasteiger partial charge in [0.25, 0.3) is 0 Å². The quantitative estimate of drug-likeness (QED) is 0.136. The summed E-state index contributed by atoms with van der Waals surface area (Å²) in [5.74, 6) is 0. The second-order valence-corrected chi connectivity index (χ2v) is 26.6. The zero-order valence-corrected chi connectivity index (χ0v) is 55.9. The highest BCUT2D eigenvalue weighted by molar-refractivity contribution is 9.10. The molecule has 6 nitrogen and oxygen atoms in total. The molecule has 0 bridgehead atoms. The minimum atomic E-state index is -0.370. The highest BCUT2D eigenvalue weighted by Gasteiger charge is 2.40. The molecule has 0 unspecified atom stereocenters. The Kier molecular flexibility index (Phi) is 16.0. The van der Waals surface area contributed by atoms with Crippen molar-refractivity contribution in [2.45, 2.75) is 80.1 Å². The van der Waals surface area contributed by atoms with Crippen molar-refractivity contribution in [1.82, 2.24) is 9.97 Å². The summed E-state index contributed by atoms with van der Waals surface area (Å²) >= 11 is 7.39. The average molecular weight is 1300 g/mol. The number of benzene rings is 10. The zero-order valence-electron chi connectivity index (χ0n) is 52.7. The number of halogens is 2. The molecule has 90 heavy (non-hydrogen) atoms. The molecule has 8 heteroatoms. The first-order valence-corrected chi connectivity index (χ1v) is 32.4. The first kappa shape index (κ1) is 59.6. The molecule has 0 atom stereocenters. The summed E-state index contributed by atoms with van der Waals surface area (Å²) in [6.45, 7) is 22.3. The molecule has 2 aliphatic rings. The Balaban J connectivity index is 0.000000191. The van der Waals surface area contributed by atoms with E-state index in [9.17, 15) is 0 Å². The van der Waals surface area contributed by atoms with Gasteiger partial charge in [0, 0.05) is 65.0 Å². The maximum absolute atomic E-state index is 5.31. The number of nitrogens with zero attached hydrogens (tertiary/aromatic N) is 6. The van der Waals surface area contributed by atoms with E-state index in [1.807, 2.05) is 0 Å². The topological polar surface area (TPSA) is 38.7 Å².